The maximum Gasteiger partial charge on any atom is 0.234 e. The number of nitrogens with one attached hydrogen (secondary N) is 1. The molecule has 0 aliphatic carbocycles. The minimum Gasteiger partial charge on any atom is -0.325 e. The first-order valence-electron chi connectivity index (χ1n) is 7.28. The number of anilines is 1. The maximum atomic E-state index is 12.2. The van der Waals surface area contributed by atoms with Crippen molar-refractivity contribution < 1.29 is 4.79 Å². The highest BCUT2D eigenvalue weighted by molar-refractivity contribution is 7.99. The molecule has 1 aromatic carbocycles. The van der Waals surface area contributed by atoms with Crippen molar-refractivity contribution in [2.45, 2.75) is 38.8 Å². The minimum absolute atomic E-state index is 0.0261. The lowest BCUT2D eigenvalue weighted by Gasteiger charge is -2.16. The molecule has 1 aromatic heterocycles. The van der Waals surface area contributed by atoms with Gasteiger partial charge in [-0.25, -0.2) is 0 Å². The Hall–Kier alpha value is -1.82. The van der Waals surface area contributed by atoms with E-state index in [0.717, 1.165) is 27.8 Å². The molecule has 0 saturated carbocycles. The van der Waals surface area contributed by atoms with E-state index in [1.807, 2.05) is 37.6 Å². The van der Waals surface area contributed by atoms with E-state index < -0.39 is 0 Å². The highest BCUT2D eigenvalue weighted by atomic mass is 32.2. The van der Waals surface area contributed by atoms with Crippen LogP contribution in [0.3, 0.4) is 0 Å². The van der Waals surface area contributed by atoms with Gasteiger partial charge in [0.15, 0.2) is 5.16 Å². The Kier molecular flexibility index (Phi) is 5.24. The molecule has 0 atom stereocenters. The smallest absolute Gasteiger partial charge is 0.234 e. The Balaban J connectivity index is 2.05. The zero-order valence-corrected chi connectivity index (χ0v) is 14.5. The van der Waals surface area contributed by atoms with Crippen LogP contribution in [0, 0.1) is 13.8 Å². The second-order valence-corrected chi connectivity index (χ2v) is 6.56. The van der Waals surface area contributed by atoms with Crippen LogP contribution < -0.4 is 5.32 Å². The minimum atomic E-state index is -0.0261. The third-order valence-corrected chi connectivity index (χ3v) is 4.60. The molecule has 0 aliphatic rings. The number of hydrogen-bond acceptors (Lipinski definition) is 4. The number of thioether (sulfide) groups is 1. The number of para-hydroxylation sites is 1. The molecule has 22 heavy (non-hydrogen) atoms. The van der Waals surface area contributed by atoms with Crippen LogP contribution in [0.15, 0.2) is 23.4 Å². The van der Waals surface area contributed by atoms with E-state index in [2.05, 4.69) is 35.4 Å². The Morgan fingerprint density at radius 2 is 2.05 bits per heavy atom. The van der Waals surface area contributed by atoms with E-state index in [4.69, 9.17) is 0 Å². The lowest BCUT2D eigenvalue weighted by molar-refractivity contribution is -0.113. The van der Waals surface area contributed by atoms with Gasteiger partial charge in [0.2, 0.25) is 5.91 Å². The summed E-state index contributed by atoms with van der Waals surface area (Å²) in [7, 11) is 1.90. The summed E-state index contributed by atoms with van der Waals surface area (Å²) in [4.78, 5) is 12.2. The molecule has 1 N–H and O–H groups in total. The third-order valence-electron chi connectivity index (χ3n) is 3.58. The van der Waals surface area contributed by atoms with Gasteiger partial charge in [0.25, 0.3) is 0 Å². The Labute approximate surface area is 135 Å². The summed E-state index contributed by atoms with van der Waals surface area (Å²) in [5.74, 6) is 1.49. The second-order valence-electron chi connectivity index (χ2n) is 5.62. The number of hydrogen-bond donors (Lipinski definition) is 1. The number of aromatic nitrogens is 3. The van der Waals surface area contributed by atoms with Crippen LogP contribution in [0.25, 0.3) is 0 Å². The number of benzene rings is 1. The van der Waals surface area contributed by atoms with Crippen LogP contribution in [-0.4, -0.2) is 26.4 Å². The lowest BCUT2D eigenvalue weighted by Crippen LogP contribution is -2.17. The molecule has 0 spiro atoms. The average Bonchev–Trinajstić information content (AvgIpc) is 2.78. The molecule has 0 radical (unpaired) electrons. The number of amides is 1. The van der Waals surface area contributed by atoms with Crippen LogP contribution in [-0.2, 0) is 11.8 Å². The average molecular weight is 318 g/mol. The summed E-state index contributed by atoms with van der Waals surface area (Å²) < 4.78 is 1.88. The van der Waals surface area contributed by atoms with Crippen molar-refractivity contribution in [2.75, 3.05) is 11.1 Å². The fourth-order valence-electron chi connectivity index (χ4n) is 2.16. The summed E-state index contributed by atoms with van der Waals surface area (Å²) in [6, 6.07) is 6.10. The largest absolute Gasteiger partial charge is 0.325 e. The molecule has 0 saturated heterocycles. The van der Waals surface area contributed by atoms with Crippen molar-refractivity contribution in [3.8, 4) is 0 Å². The number of nitrogens with zero attached hydrogens (tertiary/aromatic N) is 3. The van der Waals surface area contributed by atoms with E-state index in [1.54, 1.807) is 0 Å². The van der Waals surface area contributed by atoms with Crippen molar-refractivity contribution in [1.82, 2.24) is 14.8 Å². The molecule has 5 nitrogen and oxygen atoms in total. The van der Waals surface area contributed by atoms with Crippen LogP contribution in [0.2, 0.25) is 0 Å². The molecule has 6 heteroatoms. The summed E-state index contributed by atoms with van der Waals surface area (Å²) in [6.45, 7) is 8.16. The predicted octanol–water partition coefficient (Wildman–Crippen LogP) is 3.29. The standard InChI is InChI=1S/C16H22N4OS/c1-10(2)13-8-6-7-11(3)15(13)17-14(21)9-22-16-19-18-12(4)20(16)5/h6-8,10H,9H2,1-5H3,(H,17,21). The Morgan fingerprint density at radius 1 is 1.32 bits per heavy atom. The van der Waals surface area contributed by atoms with Gasteiger partial charge in [0.1, 0.15) is 5.82 Å². The van der Waals surface area contributed by atoms with Crippen molar-refractivity contribution >= 4 is 23.4 Å². The van der Waals surface area contributed by atoms with E-state index in [1.165, 1.54) is 11.8 Å². The predicted molar refractivity (Wildman–Crippen MR) is 90.4 cm³/mol. The fraction of sp³-hybridized carbons (Fsp3) is 0.438. The normalized spacial score (nSPS) is 11.0. The van der Waals surface area contributed by atoms with Crippen LogP contribution in [0.4, 0.5) is 5.69 Å². The van der Waals surface area contributed by atoms with Crippen molar-refractivity contribution in [2.24, 2.45) is 7.05 Å². The maximum absolute atomic E-state index is 12.2. The van der Waals surface area contributed by atoms with Gasteiger partial charge in [0, 0.05) is 12.7 Å². The molecular weight excluding hydrogens is 296 g/mol. The van der Waals surface area contributed by atoms with Crippen LogP contribution in [0.1, 0.15) is 36.7 Å². The van der Waals surface area contributed by atoms with E-state index in [0.29, 0.717) is 11.7 Å². The van der Waals surface area contributed by atoms with Gasteiger partial charge in [0.05, 0.1) is 5.75 Å². The van der Waals surface area contributed by atoms with Crippen molar-refractivity contribution in [1.29, 1.82) is 0 Å². The number of carbonyl (C=O) groups is 1. The zero-order chi connectivity index (χ0) is 16.3. The summed E-state index contributed by atoms with van der Waals surface area (Å²) >= 11 is 1.39. The summed E-state index contributed by atoms with van der Waals surface area (Å²) in [5, 5.41) is 11.8. The SMILES string of the molecule is Cc1cccc(C(C)C)c1NC(=O)CSc1nnc(C)n1C. The fourth-order valence-corrected chi connectivity index (χ4v) is 2.92. The Bertz CT molecular complexity index is 679. The monoisotopic (exact) mass is 318 g/mol. The van der Waals surface area contributed by atoms with Gasteiger partial charge in [-0.1, -0.05) is 43.8 Å². The molecular formula is C16H22N4OS. The van der Waals surface area contributed by atoms with Gasteiger partial charge in [-0.2, -0.15) is 0 Å². The first kappa shape index (κ1) is 16.5. The first-order valence-corrected chi connectivity index (χ1v) is 8.27. The third kappa shape index (κ3) is 3.68. The van der Waals surface area contributed by atoms with Crippen LogP contribution >= 0.6 is 11.8 Å². The zero-order valence-electron chi connectivity index (χ0n) is 13.7. The van der Waals surface area contributed by atoms with E-state index in [9.17, 15) is 4.79 Å². The number of aryl methyl sites for hydroxylation is 2. The highest BCUT2D eigenvalue weighted by Crippen LogP contribution is 2.27. The number of carbonyl (C=O) groups excluding carboxylic acids is 1. The van der Waals surface area contributed by atoms with Gasteiger partial charge in [-0.3, -0.25) is 4.79 Å². The molecule has 0 unspecified atom stereocenters. The molecule has 1 amide bonds. The molecule has 118 valence electrons. The summed E-state index contributed by atoms with van der Waals surface area (Å²) in [6.07, 6.45) is 0. The Morgan fingerprint density at radius 3 is 2.64 bits per heavy atom. The molecule has 0 bridgehead atoms. The van der Waals surface area contributed by atoms with Crippen molar-refractivity contribution in [3.63, 3.8) is 0 Å². The van der Waals surface area contributed by atoms with Gasteiger partial charge in [-0.05, 0) is 30.9 Å². The molecule has 0 aliphatic heterocycles. The first-order chi connectivity index (χ1) is 10.4. The molecule has 2 rings (SSSR count). The van der Waals surface area contributed by atoms with Crippen LogP contribution in [0.5, 0.6) is 0 Å². The van der Waals surface area contributed by atoms with Crippen molar-refractivity contribution in [3.05, 3.63) is 35.2 Å². The number of rotatable bonds is 5. The summed E-state index contributed by atoms with van der Waals surface area (Å²) in [5.41, 5.74) is 3.17. The second kappa shape index (κ2) is 6.96. The van der Waals surface area contributed by atoms with E-state index in [-0.39, 0.29) is 5.91 Å². The topological polar surface area (TPSA) is 59.8 Å². The highest BCUT2D eigenvalue weighted by Gasteiger charge is 2.13. The van der Waals surface area contributed by atoms with E-state index >= 15 is 0 Å². The van der Waals surface area contributed by atoms with Gasteiger partial charge < -0.3 is 9.88 Å². The molecule has 0 fully saturated rings. The lowest BCUT2D eigenvalue weighted by atomic mass is 9.98. The van der Waals surface area contributed by atoms with Gasteiger partial charge >= 0.3 is 0 Å². The molecule has 2 aromatic rings. The quantitative estimate of drug-likeness (QED) is 0.860. The van der Waals surface area contributed by atoms with Gasteiger partial charge in [-0.15, -0.1) is 10.2 Å². The molecule has 1 heterocycles.